The summed E-state index contributed by atoms with van der Waals surface area (Å²) in [6, 6.07) is 6.98. The summed E-state index contributed by atoms with van der Waals surface area (Å²) in [5.41, 5.74) is 0.601. The van der Waals surface area contributed by atoms with E-state index in [0.717, 1.165) is 4.47 Å². The van der Waals surface area contributed by atoms with E-state index in [4.69, 9.17) is 4.42 Å². The lowest BCUT2D eigenvalue weighted by molar-refractivity contribution is 0.116. The van der Waals surface area contributed by atoms with Crippen molar-refractivity contribution >= 4 is 15.9 Å². The molecule has 1 aromatic heterocycles. The summed E-state index contributed by atoms with van der Waals surface area (Å²) in [6.45, 7) is 0. The largest absolute Gasteiger partial charge is 0.415 e. The van der Waals surface area contributed by atoms with Gasteiger partial charge in [-0.1, -0.05) is 22.0 Å². The van der Waals surface area contributed by atoms with Crippen molar-refractivity contribution in [2.24, 2.45) is 0 Å². The molecule has 0 saturated carbocycles. The van der Waals surface area contributed by atoms with E-state index in [1.54, 1.807) is 18.2 Å². The van der Waals surface area contributed by atoms with Gasteiger partial charge < -0.3 is 4.42 Å². The molecule has 15 heavy (non-hydrogen) atoms. The first kappa shape index (κ1) is 10.2. The van der Waals surface area contributed by atoms with Gasteiger partial charge in [-0.2, -0.15) is 8.78 Å². The summed E-state index contributed by atoms with van der Waals surface area (Å²) < 4.78 is 29.9. The van der Waals surface area contributed by atoms with Crippen molar-refractivity contribution in [3.63, 3.8) is 0 Å². The minimum absolute atomic E-state index is 0.0894. The van der Waals surface area contributed by atoms with Gasteiger partial charge in [-0.25, -0.2) is 0 Å². The van der Waals surface area contributed by atoms with Crippen molar-refractivity contribution in [2.75, 3.05) is 0 Å². The second kappa shape index (κ2) is 4.06. The Morgan fingerprint density at radius 1 is 1.27 bits per heavy atom. The van der Waals surface area contributed by atoms with Crippen LogP contribution >= 0.6 is 15.9 Å². The fourth-order valence-electron chi connectivity index (χ4n) is 1.06. The molecule has 3 nitrogen and oxygen atoms in total. The molecule has 0 aliphatic heterocycles. The van der Waals surface area contributed by atoms with Gasteiger partial charge in [0.2, 0.25) is 5.89 Å². The zero-order chi connectivity index (χ0) is 10.8. The van der Waals surface area contributed by atoms with Crippen molar-refractivity contribution in [3.05, 3.63) is 34.6 Å². The maximum Gasteiger partial charge on any atom is 0.314 e. The third-order valence-corrected chi connectivity index (χ3v) is 2.19. The average molecular weight is 275 g/mol. The van der Waals surface area contributed by atoms with Gasteiger partial charge in [0, 0.05) is 10.0 Å². The molecule has 2 aromatic rings. The minimum atomic E-state index is -2.74. The maximum absolute atomic E-state index is 12.2. The van der Waals surface area contributed by atoms with E-state index in [1.807, 2.05) is 6.07 Å². The lowest BCUT2D eigenvalue weighted by Gasteiger charge is -1.94. The van der Waals surface area contributed by atoms with Gasteiger partial charge in [0.25, 0.3) is 5.89 Å². The van der Waals surface area contributed by atoms with Crippen molar-refractivity contribution in [1.29, 1.82) is 0 Å². The molecular weight excluding hydrogens is 270 g/mol. The molecule has 78 valence electrons. The molecule has 0 atom stereocenters. The van der Waals surface area contributed by atoms with Crippen molar-refractivity contribution in [2.45, 2.75) is 6.43 Å². The van der Waals surface area contributed by atoms with E-state index in [-0.39, 0.29) is 5.89 Å². The molecule has 0 amide bonds. The zero-order valence-corrected chi connectivity index (χ0v) is 8.91. The Bertz CT molecular complexity index is 473. The van der Waals surface area contributed by atoms with Gasteiger partial charge in [0.15, 0.2) is 0 Å². The fraction of sp³-hybridized carbons (Fsp3) is 0.111. The van der Waals surface area contributed by atoms with Crippen LogP contribution in [0.2, 0.25) is 0 Å². The summed E-state index contributed by atoms with van der Waals surface area (Å²) in [6.07, 6.45) is -2.74. The van der Waals surface area contributed by atoms with Crippen LogP contribution < -0.4 is 0 Å². The number of benzene rings is 1. The number of hydrogen-bond donors (Lipinski definition) is 0. The molecule has 1 aromatic carbocycles. The Labute approximate surface area is 92.3 Å². The summed E-state index contributed by atoms with van der Waals surface area (Å²) in [4.78, 5) is 0. The van der Waals surface area contributed by atoms with Crippen LogP contribution in [0.5, 0.6) is 0 Å². The number of hydrogen-bond acceptors (Lipinski definition) is 3. The summed E-state index contributed by atoms with van der Waals surface area (Å²) in [5.74, 6) is -0.573. The summed E-state index contributed by atoms with van der Waals surface area (Å²) >= 11 is 3.26. The molecule has 0 radical (unpaired) electrons. The van der Waals surface area contributed by atoms with E-state index in [1.165, 1.54) is 0 Å². The Morgan fingerprint density at radius 3 is 2.67 bits per heavy atom. The van der Waals surface area contributed by atoms with Gasteiger partial charge in [-0.3, -0.25) is 0 Å². The molecule has 0 unspecified atom stereocenters. The molecule has 0 N–H and O–H groups in total. The molecule has 0 bridgehead atoms. The summed E-state index contributed by atoms with van der Waals surface area (Å²) in [5, 5.41) is 6.77. The Balaban J connectivity index is 2.37. The van der Waals surface area contributed by atoms with E-state index in [9.17, 15) is 8.78 Å². The lowest BCUT2D eigenvalue weighted by Crippen LogP contribution is -1.81. The second-order valence-electron chi connectivity index (χ2n) is 2.76. The Hall–Kier alpha value is -1.30. The van der Waals surface area contributed by atoms with Crippen LogP contribution in [0.1, 0.15) is 12.3 Å². The average Bonchev–Trinajstić information content (AvgIpc) is 2.66. The van der Waals surface area contributed by atoms with Crippen molar-refractivity contribution in [1.82, 2.24) is 10.2 Å². The first-order valence-electron chi connectivity index (χ1n) is 4.04. The van der Waals surface area contributed by atoms with E-state index in [0.29, 0.717) is 5.56 Å². The SMILES string of the molecule is FC(F)c1nnc(-c2cccc(Br)c2)o1. The molecule has 0 aliphatic rings. The normalized spacial score (nSPS) is 10.9. The molecule has 2 rings (SSSR count). The van der Waals surface area contributed by atoms with Gasteiger partial charge in [-0.05, 0) is 18.2 Å². The summed E-state index contributed by atoms with van der Waals surface area (Å²) in [7, 11) is 0. The van der Waals surface area contributed by atoms with Crippen molar-refractivity contribution < 1.29 is 13.2 Å². The molecule has 0 fully saturated rings. The quantitative estimate of drug-likeness (QED) is 0.842. The highest BCUT2D eigenvalue weighted by atomic mass is 79.9. The third-order valence-electron chi connectivity index (χ3n) is 1.70. The lowest BCUT2D eigenvalue weighted by atomic mass is 10.2. The standard InChI is InChI=1S/C9H5BrF2N2O/c10-6-3-1-2-5(4-6)8-13-14-9(15-8)7(11)12/h1-4,7H. The second-order valence-corrected chi connectivity index (χ2v) is 3.67. The number of nitrogens with zero attached hydrogens (tertiary/aromatic N) is 2. The van der Waals surface area contributed by atoms with Gasteiger partial charge in [-0.15, -0.1) is 10.2 Å². The highest BCUT2D eigenvalue weighted by molar-refractivity contribution is 9.10. The number of rotatable bonds is 2. The van der Waals surface area contributed by atoms with Gasteiger partial charge in [0.1, 0.15) is 0 Å². The predicted octanol–water partition coefficient (Wildman–Crippen LogP) is 3.44. The highest BCUT2D eigenvalue weighted by Gasteiger charge is 2.16. The van der Waals surface area contributed by atoms with Crippen molar-refractivity contribution in [3.8, 4) is 11.5 Å². The van der Waals surface area contributed by atoms with Gasteiger partial charge in [0.05, 0.1) is 0 Å². The predicted molar refractivity (Wildman–Crippen MR) is 52.4 cm³/mol. The highest BCUT2D eigenvalue weighted by Crippen LogP contribution is 2.24. The van der Waals surface area contributed by atoms with Crippen LogP contribution in [-0.2, 0) is 0 Å². The topological polar surface area (TPSA) is 38.9 Å². The Kier molecular flexibility index (Phi) is 2.77. The molecule has 0 saturated heterocycles. The van der Waals surface area contributed by atoms with Gasteiger partial charge >= 0.3 is 6.43 Å². The number of aromatic nitrogens is 2. The van der Waals surface area contributed by atoms with Crippen LogP contribution in [0.15, 0.2) is 33.2 Å². The molecule has 6 heteroatoms. The Morgan fingerprint density at radius 2 is 2.07 bits per heavy atom. The van der Waals surface area contributed by atoms with Crippen LogP contribution in [-0.4, -0.2) is 10.2 Å². The monoisotopic (exact) mass is 274 g/mol. The van der Waals surface area contributed by atoms with E-state index < -0.39 is 12.3 Å². The minimum Gasteiger partial charge on any atom is -0.415 e. The van der Waals surface area contributed by atoms with E-state index in [2.05, 4.69) is 26.1 Å². The van der Waals surface area contributed by atoms with Crippen LogP contribution in [0.25, 0.3) is 11.5 Å². The molecule has 0 aliphatic carbocycles. The molecular formula is C9H5BrF2N2O. The molecule has 1 heterocycles. The third kappa shape index (κ3) is 2.20. The number of alkyl halides is 2. The van der Waals surface area contributed by atoms with Crippen LogP contribution in [0.4, 0.5) is 8.78 Å². The van der Waals surface area contributed by atoms with Crippen LogP contribution in [0.3, 0.4) is 0 Å². The van der Waals surface area contributed by atoms with Crippen LogP contribution in [0, 0.1) is 0 Å². The first-order chi connectivity index (χ1) is 7.16. The first-order valence-corrected chi connectivity index (χ1v) is 4.83. The maximum atomic E-state index is 12.2. The zero-order valence-electron chi connectivity index (χ0n) is 7.32. The molecule has 0 spiro atoms. The number of halogens is 3. The fourth-order valence-corrected chi connectivity index (χ4v) is 1.46. The van der Waals surface area contributed by atoms with E-state index >= 15 is 0 Å². The smallest absolute Gasteiger partial charge is 0.314 e.